The molecule has 1 atom stereocenters. The van der Waals surface area contributed by atoms with Gasteiger partial charge in [0.2, 0.25) is 5.91 Å². The topological polar surface area (TPSA) is 55.1 Å². The van der Waals surface area contributed by atoms with Gasteiger partial charge in [0.1, 0.15) is 0 Å². The number of amides is 1. The normalized spacial score (nSPS) is 14.7. The van der Waals surface area contributed by atoms with Gasteiger partial charge in [0.25, 0.3) is 0 Å². The molecule has 1 aromatic carbocycles. The second-order valence-corrected chi connectivity index (χ2v) is 4.34. The highest BCUT2D eigenvalue weighted by atomic mass is 35.5. The second kappa shape index (κ2) is 6.03. The van der Waals surface area contributed by atoms with Crippen LogP contribution in [0.1, 0.15) is 30.9 Å². The molecule has 17 heavy (non-hydrogen) atoms. The predicted molar refractivity (Wildman–Crippen MR) is 72.6 cm³/mol. The quantitative estimate of drug-likeness (QED) is 0.870. The summed E-state index contributed by atoms with van der Waals surface area (Å²) < 4.78 is 0. The van der Waals surface area contributed by atoms with Crippen molar-refractivity contribution in [2.75, 3.05) is 5.32 Å². The van der Waals surface area contributed by atoms with Crippen LogP contribution in [0.2, 0.25) is 0 Å². The summed E-state index contributed by atoms with van der Waals surface area (Å²) in [6, 6.07) is 5.73. The Morgan fingerprint density at radius 3 is 2.82 bits per heavy atom. The number of carbonyl (C=O) groups is 1. The third-order valence-corrected chi connectivity index (χ3v) is 3.14. The molecule has 0 saturated heterocycles. The van der Waals surface area contributed by atoms with Gasteiger partial charge >= 0.3 is 0 Å². The van der Waals surface area contributed by atoms with Gasteiger partial charge in [-0.2, -0.15) is 0 Å². The van der Waals surface area contributed by atoms with E-state index in [4.69, 9.17) is 5.73 Å². The van der Waals surface area contributed by atoms with Crippen LogP contribution in [0.15, 0.2) is 18.2 Å². The molecule has 2 rings (SSSR count). The molecule has 0 bridgehead atoms. The minimum absolute atomic E-state index is 0. The highest BCUT2D eigenvalue weighted by Gasteiger charge is 2.14. The molecule has 0 spiro atoms. The molecule has 3 N–H and O–H groups in total. The van der Waals surface area contributed by atoms with E-state index in [1.54, 1.807) is 0 Å². The Morgan fingerprint density at radius 2 is 2.12 bits per heavy atom. The maximum absolute atomic E-state index is 11.6. The van der Waals surface area contributed by atoms with Gasteiger partial charge in [0.15, 0.2) is 0 Å². The number of benzene rings is 1. The number of halogens is 1. The zero-order chi connectivity index (χ0) is 11.5. The maximum Gasteiger partial charge on any atom is 0.241 e. The van der Waals surface area contributed by atoms with Gasteiger partial charge in [-0.3, -0.25) is 4.79 Å². The van der Waals surface area contributed by atoms with Crippen molar-refractivity contribution in [2.24, 2.45) is 5.73 Å². The lowest BCUT2D eigenvalue weighted by molar-refractivity contribution is -0.117. The van der Waals surface area contributed by atoms with Crippen LogP contribution in [0.5, 0.6) is 0 Å². The summed E-state index contributed by atoms with van der Waals surface area (Å²) in [7, 11) is 0. The number of nitrogens with two attached hydrogens (primary N) is 1. The van der Waals surface area contributed by atoms with Crippen LogP contribution in [0, 0.1) is 0 Å². The molecule has 0 fully saturated rings. The first-order chi connectivity index (χ1) is 7.70. The monoisotopic (exact) mass is 254 g/mol. The van der Waals surface area contributed by atoms with Crippen molar-refractivity contribution in [1.29, 1.82) is 0 Å². The summed E-state index contributed by atoms with van der Waals surface area (Å²) in [6.07, 6.45) is 4.18. The number of carbonyl (C=O) groups excluding carboxylic acids is 1. The molecule has 1 aliphatic carbocycles. The fourth-order valence-electron chi connectivity index (χ4n) is 2.07. The summed E-state index contributed by atoms with van der Waals surface area (Å²) in [4.78, 5) is 11.6. The number of aryl methyl sites for hydroxylation is 2. The van der Waals surface area contributed by atoms with Crippen molar-refractivity contribution in [1.82, 2.24) is 0 Å². The molecular formula is C13H19ClN2O. The molecule has 0 aromatic heterocycles. The zero-order valence-corrected chi connectivity index (χ0v) is 10.8. The van der Waals surface area contributed by atoms with E-state index >= 15 is 0 Å². The van der Waals surface area contributed by atoms with Crippen LogP contribution in [-0.2, 0) is 17.6 Å². The van der Waals surface area contributed by atoms with Gasteiger partial charge < -0.3 is 11.1 Å². The summed E-state index contributed by atoms with van der Waals surface area (Å²) in [5, 5.41) is 2.86. The molecule has 3 nitrogen and oxygen atoms in total. The highest BCUT2D eigenvalue weighted by Crippen LogP contribution is 2.24. The first-order valence-corrected chi connectivity index (χ1v) is 5.89. The molecular weight excluding hydrogens is 236 g/mol. The molecule has 1 amide bonds. The van der Waals surface area contributed by atoms with E-state index in [1.165, 1.54) is 17.5 Å². The van der Waals surface area contributed by atoms with Gasteiger partial charge in [-0.15, -0.1) is 12.4 Å². The Balaban J connectivity index is 0.00000144. The van der Waals surface area contributed by atoms with Gasteiger partial charge in [-0.05, 0) is 48.9 Å². The van der Waals surface area contributed by atoms with Crippen molar-refractivity contribution in [3.63, 3.8) is 0 Å². The standard InChI is InChI=1S/C13H18N2O.ClH/c1-2-12(14)13(16)15-11-7-6-9-4-3-5-10(9)8-11;/h6-8,12H,2-5,14H2,1H3,(H,15,16);1H/t12-;/m0./s1. The Morgan fingerprint density at radius 1 is 1.41 bits per heavy atom. The van der Waals surface area contributed by atoms with Crippen LogP contribution in [-0.4, -0.2) is 11.9 Å². The number of hydrogen-bond acceptors (Lipinski definition) is 2. The SMILES string of the molecule is CC[C@H](N)C(=O)Nc1ccc2c(c1)CCC2.Cl. The second-order valence-electron chi connectivity index (χ2n) is 4.34. The number of hydrogen-bond donors (Lipinski definition) is 2. The predicted octanol–water partition coefficient (Wildman–Crippen LogP) is 2.27. The lowest BCUT2D eigenvalue weighted by Gasteiger charge is -2.11. The summed E-state index contributed by atoms with van der Waals surface area (Å²) in [5.41, 5.74) is 9.31. The molecule has 0 heterocycles. The molecule has 4 heteroatoms. The Labute approximate surface area is 108 Å². The fourth-order valence-corrected chi connectivity index (χ4v) is 2.07. The van der Waals surface area contributed by atoms with Crippen LogP contribution in [0.4, 0.5) is 5.69 Å². The van der Waals surface area contributed by atoms with Gasteiger partial charge in [-0.1, -0.05) is 13.0 Å². The summed E-state index contributed by atoms with van der Waals surface area (Å²) in [6.45, 7) is 1.91. The van der Waals surface area contributed by atoms with E-state index in [1.807, 2.05) is 13.0 Å². The van der Waals surface area contributed by atoms with E-state index in [-0.39, 0.29) is 18.3 Å². The van der Waals surface area contributed by atoms with Crippen molar-refractivity contribution in [3.8, 4) is 0 Å². The summed E-state index contributed by atoms with van der Waals surface area (Å²) in [5.74, 6) is -0.0968. The Kier molecular flexibility index (Phi) is 4.97. The number of rotatable bonds is 3. The first kappa shape index (κ1) is 14.0. The van der Waals surface area contributed by atoms with E-state index < -0.39 is 6.04 Å². The largest absolute Gasteiger partial charge is 0.325 e. The van der Waals surface area contributed by atoms with E-state index in [0.717, 1.165) is 18.5 Å². The third-order valence-electron chi connectivity index (χ3n) is 3.14. The fraction of sp³-hybridized carbons (Fsp3) is 0.462. The maximum atomic E-state index is 11.6. The molecule has 0 radical (unpaired) electrons. The zero-order valence-electron chi connectivity index (χ0n) is 10.0. The molecule has 0 aliphatic heterocycles. The van der Waals surface area contributed by atoms with Crippen molar-refractivity contribution in [2.45, 2.75) is 38.6 Å². The lowest BCUT2D eigenvalue weighted by Crippen LogP contribution is -2.34. The molecule has 1 aromatic rings. The molecule has 94 valence electrons. The molecule has 0 saturated carbocycles. The van der Waals surface area contributed by atoms with E-state index in [0.29, 0.717) is 6.42 Å². The van der Waals surface area contributed by atoms with Crippen LogP contribution >= 0.6 is 12.4 Å². The van der Waals surface area contributed by atoms with Gasteiger partial charge in [0.05, 0.1) is 6.04 Å². The minimum atomic E-state index is -0.409. The van der Waals surface area contributed by atoms with E-state index in [9.17, 15) is 4.79 Å². The Hall–Kier alpha value is -1.06. The van der Waals surface area contributed by atoms with Crippen molar-refractivity contribution >= 4 is 24.0 Å². The van der Waals surface area contributed by atoms with Crippen LogP contribution in [0.25, 0.3) is 0 Å². The average molecular weight is 255 g/mol. The molecule has 1 aliphatic rings. The van der Waals surface area contributed by atoms with Gasteiger partial charge in [0, 0.05) is 5.69 Å². The summed E-state index contributed by atoms with van der Waals surface area (Å²) >= 11 is 0. The van der Waals surface area contributed by atoms with E-state index in [2.05, 4.69) is 17.4 Å². The Bertz CT molecular complexity index is 406. The number of fused-ring (bicyclic) bond motifs is 1. The number of anilines is 1. The van der Waals surface area contributed by atoms with Crippen molar-refractivity contribution in [3.05, 3.63) is 29.3 Å². The van der Waals surface area contributed by atoms with Gasteiger partial charge in [-0.25, -0.2) is 0 Å². The molecule has 0 unspecified atom stereocenters. The van der Waals surface area contributed by atoms with Crippen LogP contribution in [0.3, 0.4) is 0 Å². The minimum Gasteiger partial charge on any atom is -0.325 e. The smallest absolute Gasteiger partial charge is 0.241 e. The van der Waals surface area contributed by atoms with Crippen molar-refractivity contribution < 1.29 is 4.79 Å². The van der Waals surface area contributed by atoms with Crippen LogP contribution < -0.4 is 11.1 Å². The third kappa shape index (κ3) is 3.20. The first-order valence-electron chi connectivity index (χ1n) is 5.89. The lowest BCUT2D eigenvalue weighted by atomic mass is 10.1. The highest BCUT2D eigenvalue weighted by molar-refractivity contribution is 5.94. The number of nitrogens with one attached hydrogen (secondary N) is 1. The average Bonchev–Trinajstić information content (AvgIpc) is 2.75.